The van der Waals surface area contributed by atoms with Crippen LogP contribution in [0.2, 0.25) is 0 Å². The van der Waals surface area contributed by atoms with Crippen LogP contribution in [-0.4, -0.2) is 17.9 Å². The van der Waals surface area contributed by atoms with Crippen LogP contribution in [0.1, 0.15) is 27.0 Å². The third kappa shape index (κ3) is 2.31. The number of H-pyrrole nitrogens is 1. The van der Waals surface area contributed by atoms with E-state index < -0.39 is 0 Å². The Balaban J connectivity index is 2.10. The number of methoxy groups -OCH3 is 1. The highest BCUT2D eigenvalue weighted by molar-refractivity contribution is 6.16. The number of hydrogen-bond acceptors (Lipinski definition) is 2. The van der Waals surface area contributed by atoms with Crippen LogP contribution in [0.4, 0.5) is 0 Å². The molecular formula is C18H17NO2. The monoisotopic (exact) mass is 279 g/mol. The topological polar surface area (TPSA) is 42.1 Å². The predicted molar refractivity (Wildman–Crippen MR) is 84.2 cm³/mol. The van der Waals surface area contributed by atoms with Crippen molar-refractivity contribution in [2.45, 2.75) is 13.8 Å². The van der Waals surface area contributed by atoms with E-state index >= 15 is 0 Å². The number of carbonyl (C=O) groups excluding carboxylic acids is 1. The number of aromatic amines is 1. The zero-order valence-corrected chi connectivity index (χ0v) is 12.4. The number of fused-ring (bicyclic) bond motifs is 1. The van der Waals surface area contributed by atoms with Gasteiger partial charge in [-0.2, -0.15) is 0 Å². The summed E-state index contributed by atoms with van der Waals surface area (Å²) in [6.07, 6.45) is 1.77. The van der Waals surface area contributed by atoms with E-state index in [0.29, 0.717) is 11.1 Å². The van der Waals surface area contributed by atoms with Gasteiger partial charge in [0, 0.05) is 28.2 Å². The van der Waals surface area contributed by atoms with Crippen molar-refractivity contribution in [2.24, 2.45) is 0 Å². The Morgan fingerprint density at radius 2 is 1.86 bits per heavy atom. The SMILES string of the molecule is COc1ccc2[nH]cc(C(=O)c3ccc(C)c(C)c3)c2c1. The summed E-state index contributed by atoms with van der Waals surface area (Å²) in [6, 6.07) is 11.5. The Morgan fingerprint density at radius 3 is 2.57 bits per heavy atom. The number of benzene rings is 2. The van der Waals surface area contributed by atoms with Gasteiger partial charge in [-0.05, 0) is 49.2 Å². The van der Waals surface area contributed by atoms with Gasteiger partial charge in [0.15, 0.2) is 5.78 Å². The summed E-state index contributed by atoms with van der Waals surface area (Å²) < 4.78 is 5.24. The van der Waals surface area contributed by atoms with E-state index in [-0.39, 0.29) is 5.78 Å². The Hall–Kier alpha value is -2.55. The highest BCUT2D eigenvalue weighted by atomic mass is 16.5. The maximum atomic E-state index is 12.7. The lowest BCUT2D eigenvalue weighted by Gasteiger charge is -2.05. The fraction of sp³-hybridized carbons (Fsp3) is 0.167. The maximum absolute atomic E-state index is 12.7. The molecule has 3 heteroatoms. The van der Waals surface area contributed by atoms with E-state index in [1.54, 1.807) is 13.3 Å². The summed E-state index contributed by atoms with van der Waals surface area (Å²) in [5.74, 6) is 0.772. The first-order valence-corrected chi connectivity index (χ1v) is 6.87. The molecule has 0 aliphatic heterocycles. The zero-order valence-electron chi connectivity index (χ0n) is 12.4. The van der Waals surface area contributed by atoms with Crippen LogP contribution >= 0.6 is 0 Å². The minimum absolute atomic E-state index is 0.0256. The second-order valence-corrected chi connectivity index (χ2v) is 5.24. The molecule has 0 amide bonds. The van der Waals surface area contributed by atoms with E-state index in [0.717, 1.165) is 22.2 Å². The summed E-state index contributed by atoms with van der Waals surface area (Å²) in [7, 11) is 1.62. The van der Waals surface area contributed by atoms with Crippen molar-refractivity contribution in [3.63, 3.8) is 0 Å². The number of aromatic nitrogens is 1. The Bertz CT molecular complexity index is 830. The number of carbonyl (C=O) groups is 1. The van der Waals surface area contributed by atoms with E-state index in [1.165, 1.54) is 5.56 Å². The number of nitrogens with one attached hydrogen (secondary N) is 1. The lowest BCUT2D eigenvalue weighted by Crippen LogP contribution is -2.01. The predicted octanol–water partition coefficient (Wildman–Crippen LogP) is 4.02. The molecule has 0 bridgehead atoms. The summed E-state index contributed by atoms with van der Waals surface area (Å²) in [5, 5.41) is 0.887. The van der Waals surface area contributed by atoms with Gasteiger partial charge in [-0.1, -0.05) is 12.1 Å². The molecule has 0 atom stereocenters. The van der Waals surface area contributed by atoms with Gasteiger partial charge >= 0.3 is 0 Å². The Labute approximate surface area is 123 Å². The number of rotatable bonds is 3. The Morgan fingerprint density at radius 1 is 1.05 bits per heavy atom. The second-order valence-electron chi connectivity index (χ2n) is 5.24. The lowest BCUT2D eigenvalue weighted by molar-refractivity contribution is 0.104. The van der Waals surface area contributed by atoms with Crippen LogP contribution < -0.4 is 4.74 Å². The average molecular weight is 279 g/mol. The molecule has 21 heavy (non-hydrogen) atoms. The van der Waals surface area contributed by atoms with Crippen LogP contribution in [-0.2, 0) is 0 Å². The first kappa shape index (κ1) is 13.4. The number of hydrogen-bond donors (Lipinski definition) is 1. The summed E-state index contributed by atoms with van der Waals surface area (Å²) in [6.45, 7) is 4.06. The molecule has 1 aromatic heterocycles. The van der Waals surface area contributed by atoms with Crippen LogP contribution in [0.5, 0.6) is 5.75 Å². The lowest BCUT2D eigenvalue weighted by atomic mass is 9.99. The third-order valence-corrected chi connectivity index (χ3v) is 3.90. The van der Waals surface area contributed by atoms with Gasteiger partial charge in [0.2, 0.25) is 0 Å². The molecular weight excluding hydrogens is 262 g/mol. The average Bonchev–Trinajstić information content (AvgIpc) is 2.92. The van der Waals surface area contributed by atoms with Crippen LogP contribution in [0.3, 0.4) is 0 Å². The molecule has 0 aliphatic carbocycles. The van der Waals surface area contributed by atoms with Crippen LogP contribution in [0, 0.1) is 13.8 Å². The molecule has 0 saturated heterocycles. The van der Waals surface area contributed by atoms with E-state index in [1.807, 2.05) is 50.2 Å². The van der Waals surface area contributed by atoms with Crippen molar-refractivity contribution in [3.05, 3.63) is 64.8 Å². The Kier molecular flexibility index (Phi) is 3.26. The van der Waals surface area contributed by atoms with E-state index in [4.69, 9.17) is 4.74 Å². The first-order chi connectivity index (χ1) is 10.1. The van der Waals surface area contributed by atoms with Crippen molar-refractivity contribution in [3.8, 4) is 5.75 Å². The van der Waals surface area contributed by atoms with Gasteiger partial charge in [0.25, 0.3) is 0 Å². The van der Waals surface area contributed by atoms with Crippen LogP contribution in [0.15, 0.2) is 42.6 Å². The standard InChI is InChI=1S/C18H17NO2/c1-11-4-5-13(8-12(11)2)18(20)16-10-19-17-7-6-14(21-3)9-15(16)17/h4-10,19H,1-3H3. The molecule has 1 heterocycles. The minimum atomic E-state index is 0.0256. The molecule has 0 spiro atoms. The van der Waals surface area contributed by atoms with Crippen LogP contribution in [0.25, 0.3) is 10.9 Å². The van der Waals surface area contributed by atoms with Gasteiger partial charge in [0.05, 0.1) is 7.11 Å². The molecule has 3 aromatic rings. The van der Waals surface area contributed by atoms with Crippen molar-refractivity contribution in [1.82, 2.24) is 4.98 Å². The third-order valence-electron chi connectivity index (χ3n) is 3.90. The zero-order chi connectivity index (χ0) is 15.0. The number of aryl methyl sites for hydroxylation is 2. The van der Waals surface area contributed by atoms with Gasteiger partial charge in [-0.3, -0.25) is 4.79 Å². The molecule has 2 aromatic carbocycles. The van der Waals surface area contributed by atoms with Gasteiger partial charge < -0.3 is 9.72 Å². The molecule has 0 fully saturated rings. The van der Waals surface area contributed by atoms with Gasteiger partial charge in [-0.25, -0.2) is 0 Å². The molecule has 3 nitrogen and oxygen atoms in total. The molecule has 106 valence electrons. The van der Waals surface area contributed by atoms with E-state index in [2.05, 4.69) is 4.98 Å². The number of ketones is 1. The van der Waals surface area contributed by atoms with Gasteiger partial charge in [-0.15, -0.1) is 0 Å². The fourth-order valence-corrected chi connectivity index (χ4v) is 2.45. The molecule has 0 aliphatic rings. The first-order valence-electron chi connectivity index (χ1n) is 6.87. The fourth-order valence-electron chi connectivity index (χ4n) is 2.45. The van der Waals surface area contributed by atoms with E-state index in [9.17, 15) is 4.79 Å². The minimum Gasteiger partial charge on any atom is -0.497 e. The second kappa shape index (κ2) is 5.09. The van der Waals surface area contributed by atoms with Crippen molar-refractivity contribution in [2.75, 3.05) is 7.11 Å². The molecule has 0 saturated carbocycles. The summed E-state index contributed by atoms with van der Waals surface area (Å²) >= 11 is 0. The largest absolute Gasteiger partial charge is 0.497 e. The summed E-state index contributed by atoms with van der Waals surface area (Å²) in [5.41, 5.74) is 4.63. The molecule has 1 N–H and O–H groups in total. The van der Waals surface area contributed by atoms with Gasteiger partial charge in [0.1, 0.15) is 5.75 Å². The quantitative estimate of drug-likeness (QED) is 0.736. The maximum Gasteiger partial charge on any atom is 0.195 e. The molecule has 0 radical (unpaired) electrons. The molecule has 0 unspecified atom stereocenters. The highest BCUT2D eigenvalue weighted by Crippen LogP contribution is 2.26. The highest BCUT2D eigenvalue weighted by Gasteiger charge is 2.15. The molecule has 3 rings (SSSR count). The van der Waals surface area contributed by atoms with Crippen molar-refractivity contribution >= 4 is 16.7 Å². The smallest absolute Gasteiger partial charge is 0.195 e. The van der Waals surface area contributed by atoms with Crippen molar-refractivity contribution < 1.29 is 9.53 Å². The van der Waals surface area contributed by atoms with Crippen molar-refractivity contribution in [1.29, 1.82) is 0 Å². The summed E-state index contributed by atoms with van der Waals surface area (Å²) in [4.78, 5) is 15.9. The number of ether oxygens (including phenoxy) is 1. The normalized spacial score (nSPS) is 10.8.